The van der Waals surface area contributed by atoms with Crippen molar-refractivity contribution in [3.05, 3.63) is 29.3 Å². The van der Waals surface area contributed by atoms with Gasteiger partial charge in [-0.15, -0.1) is 0 Å². The molecule has 1 aromatic carbocycles. The van der Waals surface area contributed by atoms with Crippen molar-refractivity contribution < 1.29 is 8.42 Å². The Bertz CT molecular complexity index is 686. The zero-order chi connectivity index (χ0) is 15.6. The van der Waals surface area contributed by atoms with Gasteiger partial charge < -0.3 is 5.73 Å². The molecule has 0 radical (unpaired) electrons. The summed E-state index contributed by atoms with van der Waals surface area (Å²) >= 11 is 0. The van der Waals surface area contributed by atoms with E-state index in [1.54, 1.807) is 16.4 Å². The zero-order valence-electron chi connectivity index (χ0n) is 12.8. The maximum absolute atomic E-state index is 12.9. The molecule has 0 bridgehead atoms. The molecule has 2 atom stereocenters. The summed E-state index contributed by atoms with van der Waals surface area (Å²) in [4.78, 5) is 0.354. The zero-order valence-corrected chi connectivity index (χ0v) is 13.6. The van der Waals surface area contributed by atoms with Crippen LogP contribution in [-0.4, -0.2) is 31.9 Å². The highest BCUT2D eigenvalue weighted by Crippen LogP contribution is 2.30. The van der Waals surface area contributed by atoms with E-state index in [9.17, 15) is 8.42 Å². The summed E-state index contributed by atoms with van der Waals surface area (Å²) in [6.45, 7) is 6.71. The Kier molecular flexibility index (Phi) is 4.72. The van der Waals surface area contributed by atoms with Gasteiger partial charge in [-0.05, 0) is 43.9 Å². The summed E-state index contributed by atoms with van der Waals surface area (Å²) in [5, 5.41) is 0. The standard InChI is InChI=1S/C16H22N2O2S/c1-12-9-14(3)18(11-12)21(19,20)16-10-15(5-4-8-17)7-6-13(16)2/h6-7,10,12,14H,8-9,11,17H2,1-3H3. The average molecular weight is 306 g/mol. The third-order valence-electron chi connectivity index (χ3n) is 3.84. The van der Waals surface area contributed by atoms with Gasteiger partial charge in [0, 0.05) is 18.2 Å². The van der Waals surface area contributed by atoms with Gasteiger partial charge in [-0.2, -0.15) is 4.31 Å². The maximum Gasteiger partial charge on any atom is 0.243 e. The van der Waals surface area contributed by atoms with Crippen molar-refractivity contribution in [1.29, 1.82) is 0 Å². The van der Waals surface area contributed by atoms with Crippen molar-refractivity contribution in [2.75, 3.05) is 13.1 Å². The van der Waals surface area contributed by atoms with Crippen LogP contribution in [0.3, 0.4) is 0 Å². The van der Waals surface area contributed by atoms with Crippen molar-refractivity contribution >= 4 is 10.0 Å². The minimum atomic E-state index is -3.46. The lowest BCUT2D eigenvalue weighted by Gasteiger charge is -2.22. The molecule has 21 heavy (non-hydrogen) atoms. The van der Waals surface area contributed by atoms with Crippen LogP contribution in [0.4, 0.5) is 0 Å². The van der Waals surface area contributed by atoms with Crippen LogP contribution in [0.1, 0.15) is 31.4 Å². The summed E-state index contributed by atoms with van der Waals surface area (Å²) in [5.74, 6) is 6.05. The molecular formula is C16H22N2O2S. The van der Waals surface area contributed by atoms with Crippen molar-refractivity contribution in [3.63, 3.8) is 0 Å². The van der Waals surface area contributed by atoms with E-state index in [4.69, 9.17) is 5.73 Å². The van der Waals surface area contributed by atoms with E-state index in [1.807, 2.05) is 19.9 Å². The molecule has 0 amide bonds. The molecule has 1 saturated heterocycles. The summed E-state index contributed by atoms with van der Waals surface area (Å²) in [6.07, 6.45) is 0.908. The third kappa shape index (κ3) is 3.29. The number of benzene rings is 1. The number of nitrogens with zero attached hydrogens (tertiary/aromatic N) is 1. The van der Waals surface area contributed by atoms with Crippen molar-refractivity contribution in [3.8, 4) is 11.8 Å². The number of hydrogen-bond donors (Lipinski definition) is 1. The van der Waals surface area contributed by atoms with Crippen LogP contribution in [0.15, 0.2) is 23.1 Å². The van der Waals surface area contributed by atoms with Gasteiger partial charge in [0.2, 0.25) is 10.0 Å². The fraction of sp³-hybridized carbons (Fsp3) is 0.500. The van der Waals surface area contributed by atoms with E-state index >= 15 is 0 Å². The minimum absolute atomic E-state index is 0.0446. The van der Waals surface area contributed by atoms with Gasteiger partial charge in [-0.3, -0.25) is 0 Å². The first-order valence-electron chi connectivity index (χ1n) is 7.17. The van der Waals surface area contributed by atoms with Crippen molar-refractivity contribution in [2.24, 2.45) is 11.7 Å². The van der Waals surface area contributed by atoms with Gasteiger partial charge in [-0.25, -0.2) is 8.42 Å². The molecule has 0 aliphatic carbocycles. The Labute approximate surface area is 127 Å². The van der Waals surface area contributed by atoms with Crippen LogP contribution in [-0.2, 0) is 10.0 Å². The fourth-order valence-corrected chi connectivity index (χ4v) is 4.85. The quantitative estimate of drug-likeness (QED) is 0.846. The predicted octanol–water partition coefficient (Wildman–Crippen LogP) is 1.72. The minimum Gasteiger partial charge on any atom is -0.320 e. The van der Waals surface area contributed by atoms with Crippen LogP contribution in [0.25, 0.3) is 0 Å². The predicted molar refractivity (Wildman–Crippen MR) is 84.2 cm³/mol. The second-order valence-electron chi connectivity index (χ2n) is 5.75. The van der Waals surface area contributed by atoms with Gasteiger partial charge in [-0.1, -0.05) is 24.8 Å². The van der Waals surface area contributed by atoms with Gasteiger partial charge in [0.15, 0.2) is 0 Å². The van der Waals surface area contributed by atoms with Crippen LogP contribution >= 0.6 is 0 Å². The molecule has 5 heteroatoms. The lowest BCUT2D eigenvalue weighted by molar-refractivity contribution is 0.405. The average Bonchev–Trinajstić information content (AvgIpc) is 2.77. The van der Waals surface area contributed by atoms with E-state index in [1.165, 1.54) is 0 Å². The van der Waals surface area contributed by atoms with Gasteiger partial charge >= 0.3 is 0 Å². The molecule has 1 aliphatic heterocycles. The third-order valence-corrected chi connectivity index (χ3v) is 5.96. The topological polar surface area (TPSA) is 63.4 Å². The largest absolute Gasteiger partial charge is 0.320 e. The molecule has 0 spiro atoms. The summed E-state index contributed by atoms with van der Waals surface area (Å²) in [6, 6.07) is 5.33. The number of hydrogen-bond acceptors (Lipinski definition) is 3. The van der Waals surface area contributed by atoms with E-state index in [0.29, 0.717) is 22.9 Å². The maximum atomic E-state index is 12.9. The van der Waals surface area contributed by atoms with Crippen molar-refractivity contribution in [2.45, 2.75) is 38.1 Å². The Balaban J connectivity index is 2.44. The molecule has 114 valence electrons. The Morgan fingerprint density at radius 3 is 2.67 bits per heavy atom. The fourth-order valence-electron chi connectivity index (χ4n) is 2.83. The molecule has 2 unspecified atom stereocenters. The molecule has 1 fully saturated rings. The molecule has 2 N–H and O–H groups in total. The van der Waals surface area contributed by atoms with Crippen molar-refractivity contribution in [1.82, 2.24) is 4.31 Å². The number of rotatable bonds is 2. The molecule has 1 aromatic rings. The van der Waals surface area contributed by atoms with Crippen LogP contribution in [0, 0.1) is 24.7 Å². The highest BCUT2D eigenvalue weighted by Gasteiger charge is 2.36. The Hall–Kier alpha value is -1.35. The summed E-state index contributed by atoms with van der Waals surface area (Å²) in [7, 11) is -3.46. The molecule has 4 nitrogen and oxygen atoms in total. The monoisotopic (exact) mass is 306 g/mol. The Morgan fingerprint density at radius 2 is 2.10 bits per heavy atom. The first-order chi connectivity index (χ1) is 9.86. The SMILES string of the molecule is Cc1ccc(C#CCN)cc1S(=O)(=O)N1CC(C)CC1C. The highest BCUT2D eigenvalue weighted by molar-refractivity contribution is 7.89. The highest BCUT2D eigenvalue weighted by atomic mass is 32.2. The van der Waals surface area contributed by atoms with E-state index in [2.05, 4.69) is 18.8 Å². The van der Waals surface area contributed by atoms with Crippen LogP contribution < -0.4 is 5.73 Å². The molecule has 1 aliphatic rings. The lowest BCUT2D eigenvalue weighted by atomic mass is 10.1. The second kappa shape index (κ2) is 6.18. The first kappa shape index (κ1) is 16.0. The van der Waals surface area contributed by atoms with E-state index in [0.717, 1.165) is 12.0 Å². The number of nitrogens with two attached hydrogens (primary N) is 1. The molecule has 0 aromatic heterocycles. The smallest absolute Gasteiger partial charge is 0.243 e. The van der Waals surface area contributed by atoms with Gasteiger partial charge in [0.25, 0.3) is 0 Å². The normalized spacial score (nSPS) is 22.9. The molecule has 1 heterocycles. The summed E-state index contributed by atoms with van der Waals surface area (Å²) in [5.41, 5.74) is 6.80. The van der Waals surface area contributed by atoms with Crippen LogP contribution in [0.5, 0.6) is 0 Å². The van der Waals surface area contributed by atoms with E-state index in [-0.39, 0.29) is 12.6 Å². The van der Waals surface area contributed by atoms with E-state index < -0.39 is 10.0 Å². The second-order valence-corrected chi connectivity index (χ2v) is 7.61. The number of aryl methyl sites for hydroxylation is 1. The first-order valence-corrected chi connectivity index (χ1v) is 8.61. The lowest BCUT2D eigenvalue weighted by Crippen LogP contribution is -2.34. The Morgan fingerprint density at radius 1 is 1.38 bits per heavy atom. The van der Waals surface area contributed by atoms with Gasteiger partial charge in [0.05, 0.1) is 11.4 Å². The summed E-state index contributed by atoms with van der Waals surface area (Å²) < 4.78 is 27.4. The molecule has 2 rings (SSSR count). The van der Waals surface area contributed by atoms with Crippen LogP contribution in [0.2, 0.25) is 0 Å². The number of sulfonamides is 1. The molecule has 0 saturated carbocycles. The molecular weight excluding hydrogens is 284 g/mol. The van der Waals surface area contributed by atoms with Gasteiger partial charge in [0.1, 0.15) is 0 Å².